The lowest BCUT2D eigenvalue weighted by molar-refractivity contribution is -0.139. The van der Waals surface area contributed by atoms with Crippen LogP contribution in [-0.2, 0) is 4.79 Å². The SMILES string of the molecule is CC(C)CC(NC(=O)c1cc(Br)cc(Br)c1)C(=O)O. The molecule has 0 bridgehead atoms. The Balaban J connectivity index is 2.84. The van der Waals surface area contributed by atoms with E-state index in [1.165, 1.54) is 0 Å². The van der Waals surface area contributed by atoms with E-state index in [4.69, 9.17) is 5.11 Å². The lowest BCUT2D eigenvalue weighted by Crippen LogP contribution is -2.41. The fraction of sp³-hybridized carbons (Fsp3) is 0.385. The van der Waals surface area contributed by atoms with Crippen LogP contribution in [0.1, 0.15) is 30.6 Å². The first-order chi connectivity index (χ1) is 8.79. The van der Waals surface area contributed by atoms with E-state index in [0.29, 0.717) is 12.0 Å². The average molecular weight is 393 g/mol. The number of rotatable bonds is 5. The highest BCUT2D eigenvalue weighted by Gasteiger charge is 2.21. The molecule has 0 radical (unpaired) electrons. The first-order valence-electron chi connectivity index (χ1n) is 5.79. The van der Waals surface area contributed by atoms with E-state index in [2.05, 4.69) is 37.2 Å². The van der Waals surface area contributed by atoms with Crippen molar-refractivity contribution in [2.75, 3.05) is 0 Å². The molecule has 0 aromatic heterocycles. The van der Waals surface area contributed by atoms with E-state index in [-0.39, 0.29) is 5.92 Å². The molecule has 6 heteroatoms. The third kappa shape index (κ3) is 5.32. The van der Waals surface area contributed by atoms with Crippen LogP contribution in [0.15, 0.2) is 27.1 Å². The van der Waals surface area contributed by atoms with Gasteiger partial charge >= 0.3 is 5.97 Å². The van der Waals surface area contributed by atoms with Gasteiger partial charge < -0.3 is 10.4 Å². The molecule has 1 aromatic carbocycles. The highest BCUT2D eigenvalue weighted by molar-refractivity contribution is 9.11. The predicted octanol–water partition coefficient (Wildman–Crippen LogP) is 3.44. The van der Waals surface area contributed by atoms with Crippen molar-refractivity contribution in [3.05, 3.63) is 32.7 Å². The van der Waals surface area contributed by atoms with Crippen LogP contribution in [0.25, 0.3) is 0 Å². The molecule has 0 heterocycles. The first-order valence-corrected chi connectivity index (χ1v) is 7.38. The summed E-state index contributed by atoms with van der Waals surface area (Å²) in [6.45, 7) is 3.83. The summed E-state index contributed by atoms with van der Waals surface area (Å²) < 4.78 is 1.51. The molecule has 4 nitrogen and oxygen atoms in total. The molecule has 0 aliphatic heterocycles. The summed E-state index contributed by atoms with van der Waals surface area (Å²) in [7, 11) is 0. The van der Waals surface area contributed by atoms with Gasteiger partial charge in [0.2, 0.25) is 0 Å². The van der Waals surface area contributed by atoms with E-state index < -0.39 is 17.9 Å². The fourth-order valence-corrected chi connectivity index (χ4v) is 2.91. The molecule has 1 aromatic rings. The molecule has 1 unspecified atom stereocenters. The molecular weight excluding hydrogens is 378 g/mol. The van der Waals surface area contributed by atoms with Crippen LogP contribution < -0.4 is 5.32 Å². The van der Waals surface area contributed by atoms with Crippen LogP contribution in [0, 0.1) is 5.92 Å². The minimum Gasteiger partial charge on any atom is -0.480 e. The summed E-state index contributed by atoms with van der Waals surface area (Å²) in [4.78, 5) is 23.1. The molecule has 2 N–H and O–H groups in total. The maximum atomic E-state index is 12.0. The normalized spacial score (nSPS) is 12.3. The van der Waals surface area contributed by atoms with Crippen molar-refractivity contribution in [1.82, 2.24) is 5.32 Å². The van der Waals surface area contributed by atoms with Gasteiger partial charge in [0.25, 0.3) is 5.91 Å². The van der Waals surface area contributed by atoms with Gasteiger partial charge in [-0.1, -0.05) is 45.7 Å². The summed E-state index contributed by atoms with van der Waals surface area (Å²) in [5.74, 6) is -1.22. The smallest absolute Gasteiger partial charge is 0.326 e. The number of aliphatic carboxylic acids is 1. The third-order valence-corrected chi connectivity index (χ3v) is 3.35. The second-order valence-corrected chi connectivity index (χ2v) is 6.48. The summed E-state index contributed by atoms with van der Waals surface area (Å²) in [6.07, 6.45) is 0.399. The molecule has 104 valence electrons. The third-order valence-electron chi connectivity index (χ3n) is 2.44. The summed E-state index contributed by atoms with van der Waals surface area (Å²) in [5.41, 5.74) is 0.413. The maximum absolute atomic E-state index is 12.0. The summed E-state index contributed by atoms with van der Waals surface area (Å²) >= 11 is 6.58. The molecule has 0 saturated heterocycles. The molecule has 19 heavy (non-hydrogen) atoms. The van der Waals surface area contributed by atoms with Gasteiger partial charge in [0.1, 0.15) is 6.04 Å². The van der Waals surface area contributed by atoms with Crippen molar-refractivity contribution in [3.8, 4) is 0 Å². The van der Waals surface area contributed by atoms with E-state index >= 15 is 0 Å². The highest BCUT2D eigenvalue weighted by atomic mass is 79.9. The molecule has 0 fully saturated rings. The van der Waals surface area contributed by atoms with Gasteiger partial charge in [0, 0.05) is 14.5 Å². The Kier molecular flexibility index (Phi) is 6.00. The van der Waals surface area contributed by atoms with E-state index in [1.54, 1.807) is 18.2 Å². The van der Waals surface area contributed by atoms with Crippen LogP contribution in [0.4, 0.5) is 0 Å². The molecule has 1 atom stereocenters. The standard InChI is InChI=1S/C13H15Br2NO3/c1-7(2)3-11(13(18)19)16-12(17)8-4-9(14)6-10(15)5-8/h4-7,11H,3H2,1-2H3,(H,16,17)(H,18,19). The van der Waals surface area contributed by atoms with Crippen molar-refractivity contribution in [2.45, 2.75) is 26.3 Å². The Labute approximate surface area is 128 Å². The monoisotopic (exact) mass is 391 g/mol. The minimum atomic E-state index is -1.02. The van der Waals surface area contributed by atoms with Crippen molar-refractivity contribution in [1.29, 1.82) is 0 Å². The number of carboxylic acids is 1. The van der Waals surface area contributed by atoms with Gasteiger partial charge in [-0.3, -0.25) is 4.79 Å². The van der Waals surface area contributed by atoms with Gasteiger partial charge in [0.15, 0.2) is 0 Å². The van der Waals surface area contributed by atoms with Crippen LogP contribution in [-0.4, -0.2) is 23.0 Å². The Hall–Kier alpha value is -0.880. The largest absolute Gasteiger partial charge is 0.480 e. The highest BCUT2D eigenvalue weighted by Crippen LogP contribution is 2.20. The topological polar surface area (TPSA) is 66.4 Å². The number of amides is 1. The number of hydrogen-bond acceptors (Lipinski definition) is 2. The Bertz CT molecular complexity index is 469. The molecule has 0 aliphatic rings. The number of carbonyl (C=O) groups is 2. The van der Waals surface area contributed by atoms with Gasteiger partial charge in [-0.05, 0) is 30.5 Å². The molecule has 0 saturated carbocycles. The fourth-order valence-electron chi connectivity index (χ4n) is 1.62. The summed E-state index contributed by atoms with van der Waals surface area (Å²) in [6, 6.07) is 4.23. The predicted molar refractivity (Wildman–Crippen MR) is 80.2 cm³/mol. The number of halogens is 2. The number of hydrogen-bond donors (Lipinski definition) is 2. The van der Waals surface area contributed by atoms with Crippen molar-refractivity contribution < 1.29 is 14.7 Å². The molecule has 0 spiro atoms. The second kappa shape index (κ2) is 7.05. The zero-order valence-corrected chi connectivity index (χ0v) is 13.8. The number of carboxylic acid groups (broad SMARTS) is 1. The second-order valence-electron chi connectivity index (χ2n) is 4.65. The van der Waals surface area contributed by atoms with Crippen molar-refractivity contribution in [3.63, 3.8) is 0 Å². The lowest BCUT2D eigenvalue weighted by Gasteiger charge is -2.16. The van der Waals surface area contributed by atoms with Crippen LogP contribution >= 0.6 is 31.9 Å². The van der Waals surface area contributed by atoms with Gasteiger partial charge in [0.05, 0.1) is 0 Å². The molecule has 1 rings (SSSR count). The maximum Gasteiger partial charge on any atom is 0.326 e. The van der Waals surface area contributed by atoms with Gasteiger partial charge in [-0.2, -0.15) is 0 Å². The number of benzene rings is 1. The lowest BCUT2D eigenvalue weighted by atomic mass is 10.0. The quantitative estimate of drug-likeness (QED) is 0.806. The van der Waals surface area contributed by atoms with Crippen LogP contribution in [0.5, 0.6) is 0 Å². The van der Waals surface area contributed by atoms with Crippen LogP contribution in [0.2, 0.25) is 0 Å². The van der Waals surface area contributed by atoms with E-state index in [9.17, 15) is 9.59 Å². The van der Waals surface area contributed by atoms with Crippen molar-refractivity contribution in [2.24, 2.45) is 5.92 Å². The number of nitrogens with one attached hydrogen (secondary N) is 1. The average Bonchev–Trinajstić information content (AvgIpc) is 2.25. The Morgan fingerprint density at radius 2 is 1.74 bits per heavy atom. The molecular formula is C13H15Br2NO3. The van der Waals surface area contributed by atoms with E-state index in [0.717, 1.165) is 8.95 Å². The number of carbonyl (C=O) groups excluding carboxylic acids is 1. The zero-order valence-electron chi connectivity index (χ0n) is 10.6. The molecule has 0 aliphatic carbocycles. The van der Waals surface area contributed by atoms with Crippen molar-refractivity contribution >= 4 is 43.7 Å². The van der Waals surface area contributed by atoms with Gasteiger partial charge in [-0.15, -0.1) is 0 Å². The van der Waals surface area contributed by atoms with E-state index in [1.807, 2.05) is 13.8 Å². The first kappa shape index (κ1) is 16.2. The Morgan fingerprint density at radius 1 is 1.21 bits per heavy atom. The van der Waals surface area contributed by atoms with Gasteiger partial charge in [-0.25, -0.2) is 4.79 Å². The summed E-state index contributed by atoms with van der Waals surface area (Å²) in [5, 5.41) is 11.6. The van der Waals surface area contributed by atoms with Crippen LogP contribution in [0.3, 0.4) is 0 Å². The zero-order chi connectivity index (χ0) is 14.6. The minimum absolute atomic E-state index is 0.190. The Morgan fingerprint density at radius 3 is 2.16 bits per heavy atom. The molecule has 1 amide bonds.